The van der Waals surface area contributed by atoms with Crippen LogP contribution in [0.1, 0.15) is 57.3 Å². The third-order valence-corrected chi connectivity index (χ3v) is 8.41. The van der Waals surface area contributed by atoms with Gasteiger partial charge in [-0.2, -0.15) is 5.10 Å². The van der Waals surface area contributed by atoms with Crippen LogP contribution >= 0.6 is 0 Å². The maximum atomic E-state index is 13.9. The van der Waals surface area contributed by atoms with Gasteiger partial charge in [-0.3, -0.25) is 14.3 Å². The van der Waals surface area contributed by atoms with Gasteiger partial charge in [0.05, 0.1) is 43.0 Å². The molecule has 3 heterocycles. The fourth-order valence-corrected chi connectivity index (χ4v) is 6.10. The average molecular weight is 614 g/mol. The van der Waals surface area contributed by atoms with Crippen molar-refractivity contribution in [2.24, 2.45) is 7.05 Å². The molecule has 1 spiro atoms. The lowest BCUT2D eigenvalue weighted by molar-refractivity contribution is -0.00573. The number of methoxy groups -OCH3 is 1. The van der Waals surface area contributed by atoms with Gasteiger partial charge in [-0.15, -0.1) is 0 Å². The number of aromatic nitrogens is 2. The van der Waals surface area contributed by atoms with Gasteiger partial charge in [0.2, 0.25) is 0 Å². The normalized spacial score (nSPS) is 15.4. The number of rotatable bonds is 7. The summed E-state index contributed by atoms with van der Waals surface area (Å²) >= 11 is 0. The Morgan fingerprint density at radius 3 is 2.42 bits per heavy atom. The molecule has 0 bridgehead atoms. The van der Waals surface area contributed by atoms with Gasteiger partial charge >= 0.3 is 5.97 Å². The quantitative estimate of drug-likeness (QED) is 0.285. The van der Waals surface area contributed by atoms with E-state index in [4.69, 9.17) is 14.2 Å². The van der Waals surface area contributed by atoms with E-state index in [9.17, 15) is 23.9 Å². The monoisotopic (exact) mass is 613 g/mol. The fourth-order valence-electron chi connectivity index (χ4n) is 6.10. The Morgan fingerprint density at radius 2 is 1.76 bits per heavy atom. The third-order valence-electron chi connectivity index (χ3n) is 8.41. The van der Waals surface area contributed by atoms with Gasteiger partial charge in [0.25, 0.3) is 5.91 Å². The highest BCUT2D eigenvalue weighted by molar-refractivity contribution is 6.02. The van der Waals surface area contributed by atoms with Crippen LogP contribution in [0.25, 0.3) is 22.3 Å². The van der Waals surface area contributed by atoms with Crippen LogP contribution in [0.4, 0.5) is 4.39 Å². The Kier molecular flexibility index (Phi) is 7.78. The largest absolute Gasteiger partial charge is 0.496 e. The van der Waals surface area contributed by atoms with Crippen LogP contribution in [-0.2, 0) is 7.05 Å². The van der Waals surface area contributed by atoms with Crippen molar-refractivity contribution in [1.29, 1.82) is 0 Å². The lowest BCUT2D eigenvalue weighted by atomic mass is 9.81. The number of aromatic carboxylic acids is 1. The summed E-state index contributed by atoms with van der Waals surface area (Å²) in [6.45, 7) is 3.07. The van der Waals surface area contributed by atoms with Crippen molar-refractivity contribution in [3.8, 4) is 39.5 Å². The molecule has 1 N–H and O–H groups in total. The molecule has 0 aliphatic carbocycles. The number of fused-ring (bicyclic) bond motifs is 1. The summed E-state index contributed by atoms with van der Waals surface area (Å²) in [6.07, 6.45) is 4.66. The van der Waals surface area contributed by atoms with Gasteiger partial charge in [0.15, 0.2) is 5.78 Å². The number of ether oxygens (including phenoxy) is 3. The molecule has 2 aliphatic rings. The second kappa shape index (κ2) is 11.7. The van der Waals surface area contributed by atoms with E-state index in [0.29, 0.717) is 72.0 Å². The number of hydrogen-bond donors (Lipinski definition) is 1. The molecular formula is C34H32FN3O7. The fraction of sp³-hybridized carbons (Fsp3) is 0.294. The second-order valence-corrected chi connectivity index (χ2v) is 11.3. The summed E-state index contributed by atoms with van der Waals surface area (Å²) in [4.78, 5) is 40.2. The van der Waals surface area contributed by atoms with Crippen molar-refractivity contribution < 1.29 is 38.1 Å². The maximum Gasteiger partial charge on any atom is 0.338 e. The molecule has 2 aliphatic heterocycles. The van der Waals surface area contributed by atoms with Crippen LogP contribution in [0.2, 0.25) is 0 Å². The summed E-state index contributed by atoms with van der Waals surface area (Å²) in [7, 11) is 3.37. The summed E-state index contributed by atoms with van der Waals surface area (Å²) < 4.78 is 33.6. The van der Waals surface area contributed by atoms with Gasteiger partial charge in [-0.25, -0.2) is 9.18 Å². The van der Waals surface area contributed by atoms with E-state index in [0.717, 1.165) is 17.2 Å². The highest BCUT2D eigenvalue weighted by Gasteiger charge is 2.44. The molecule has 0 atom stereocenters. The molecule has 1 amide bonds. The van der Waals surface area contributed by atoms with Crippen LogP contribution in [0.5, 0.6) is 17.2 Å². The molecule has 0 unspecified atom stereocenters. The number of hydrogen-bond acceptors (Lipinski definition) is 7. The van der Waals surface area contributed by atoms with E-state index in [2.05, 4.69) is 5.10 Å². The smallest absolute Gasteiger partial charge is 0.338 e. The van der Waals surface area contributed by atoms with Crippen LogP contribution < -0.4 is 14.2 Å². The van der Waals surface area contributed by atoms with E-state index >= 15 is 0 Å². The van der Waals surface area contributed by atoms with Crippen LogP contribution in [0, 0.1) is 5.82 Å². The molecule has 6 rings (SSSR count). The highest BCUT2D eigenvalue weighted by Crippen LogP contribution is 2.43. The van der Waals surface area contributed by atoms with Gasteiger partial charge in [0.1, 0.15) is 28.7 Å². The Labute approximate surface area is 258 Å². The minimum atomic E-state index is -1.37. The number of nitrogens with zero attached hydrogens (tertiary/aromatic N) is 3. The predicted octanol–water partition coefficient (Wildman–Crippen LogP) is 5.64. The molecule has 4 aromatic rings. The van der Waals surface area contributed by atoms with E-state index in [1.54, 1.807) is 53.2 Å². The maximum absolute atomic E-state index is 13.9. The van der Waals surface area contributed by atoms with Crippen molar-refractivity contribution in [1.82, 2.24) is 14.7 Å². The Morgan fingerprint density at radius 1 is 1.04 bits per heavy atom. The van der Waals surface area contributed by atoms with Gasteiger partial charge in [-0.1, -0.05) is 12.1 Å². The minimum absolute atomic E-state index is 0.101. The molecule has 0 radical (unpaired) electrons. The first kappa shape index (κ1) is 29.9. The first-order chi connectivity index (χ1) is 21.6. The molecule has 11 heteroatoms. The Balaban J connectivity index is 1.20. The predicted molar refractivity (Wildman–Crippen MR) is 163 cm³/mol. The topological polar surface area (TPSA) is 120 Å². The number of carbonyl (C=O) groups excluding carboxylic acids is 2. The van der Waals surface area contributed by atoms with Crippen LogP contribution in [0.3, 0.4) is 0 Å². The highest BCUT2D eigenvalue weighted by atomic mass is 19.1. The van der Waals surface area contributed by atoms with Gasteiger partial charge in [-0.05, 0) is 54.4 Å². The van der Waals surface area contributed by atoms with Gasteiger partial charge in [0, 0.05) is 50.3 Å². The summed E-state index contributed by atoms with van der Waals surface area (Å²) in [6, 6.07) is 12.3. The Bertz CT molecular complexity index is 1820. The number of carboxylic acids is 1. The van der Waals surface area contributed by atoms with Crippen LogP contribution in [0.15, 0.2) is 60.9 Å². The Hall–Kier alpha value is -5.19. The number of carboxylic acid groups (broad SMARTS) is 1. The number of aryl methyl sites for hydroxylation is 1. The first-order valence-corrected chi connectivity index (χ1v) is 14.6. The molecule has 10 nitrogen and oxygen atoms in total. The molecule has 1 aromatic heterocycles. The molecular weight excluding hydrogens is 581 g/mol. The lowest BCUT2D eigenvalue weighted by Gasteiger charge is -2.44. The molecule has 232 valence electrons. The van der Waals surface area contributed by atoms with E-state index in [1.807, 2.05) is 20.2 Å². The average Bonchev–Trinajstić information content (AvgIpc) is 3.46. The zero-order chi connectivity index (χ0) is 31.9. The number of carbonyl (C=O) groups is 3. The van der Waals surface area contributed by atoms with E-state index in [-0.39, 0.29) is 18.1 Å². The summed E-state index contributed by atoms with van der Waals surface area (Å²) in [5.41, 5.74) is 2.24. The molecule has 3 aromatic carbocycles. The number of piperidine rings is 1. The third kappa shape index (κ3) is 5.61. The standard InChI is InChI=1S/C34H32FN3O7/c1-4-44-30-16-22(15-29(43-3)31(30)23-18-36-37(2)19-23)32(40)38-11-9-34(10-12-38)17-27(39)25-14-21(6-8-28(25)45-34)20-5-7-26(35)24(13-20)33(41)42/h5-8,13-16,18-19H,4,9-12,17H2,1-3H3,(H,41,42). The van der Waals surface area contributed by atoms with E-state index in [1.165, 1.54) is 12.1 Å². The molecule has 1 saturated heterocycles. The molecule has 0 saturated carbocycles. The number of ketones is 1. The van der Waals surface area contributed by atoms with Crippen molar-refractivity contribution in [2.75, 3.05) is 26.8 Å². The van der Waals surface area contributed by atoms with Crippen molar-refractivity contribution >= 4 is 17.7 Å². The number of halogens is 1. The number of likely N-dealkylation sites (tertiary alicyclic amines) is 1. The number of amides is 1. The van der Waals surface area contributed by atoms with E-state index < -0.39 is 23.0 Å². The number of benzene rings is 3. The van der Waals surface area contributed by atoms with Crippen molar-refractivity contribution in [3.05, 3.63) is 83.4 Å². The lowest BCUT2D eigenvalue weighted by Crippen LogP contribution is -2.52. The molecule has 1 fully saturated rings. The summed E-state index contributed by atoms with van der Waals surface area (Å²) in [5, 5.41) is 13.5. The summed E-state index contributed by atoms with van der Waals surface area (Å²) in [5.74, 6) is -1.00. The van der Waals surface area contributed by atoms with Crippen molar-refractivity contribution in [2.45, 2.75) is 31.8 Å². The zero-order valence-corrected chi connectivity index (χ0v) is 25.1. The zero-order valence-electron chi connectivity index (χ0n) is 25.1. The SMILES string of the molecule is CCOc1cc(C(=O)N2CCC3(CC2)CC(=O)c2cc(-c4ccc(F)c(C(=O)O)c4)ccc2O3)cc(OC)c1-c1cnn(C)c1. The molecule has 45 heavy (non-hydrogen) atoms. The first-order valence-electron chi connectivity index (χ1n) is 14.6. The van der Waals surface area contributed by atoms with Crippen molar-refractivity contribution in [3.63, 3.8) is 0 Å². The van der Waals surface area contributed by atoms with Gasteiger partial charge < -0.3 is 24.2 Å². The minimum Gasteiger partial charge on any atom is -0.496 e. The van der Waals surface area contributed by atoms with Crippen LogP contribution in [-0.4, -0.2) is 69.9 Å². The second-order valence-electron chi connectivity index (χ2n) is 11.3. The number of Topliss-reactive ketones (excluding diaryl/α,β-unsaturated/α-hetero) is 1.